The monoisotopic (exact) mass is 392 g/mol. The second-order valence-electron chi connectivity index (χ2n) is 6.32. The molecule has 0 radical (unpaired) electrons. The van der Waals surface area contributed by atoms with Crippen molar-refractivity contribution < 1.29 is 17.2 Å². The minimum absolute atomic E-state index is 0.173. The molecule has 0 spiro atoms. The quantitative estimate of drug-likeness (QED) is 0.801. The standard InChI is InChI=1S/C18H18F2N4O2S/c1-12-9-18(15(11-21)13(2)22-12)23-5-7-24(8-6-23)27(25,26)14-3-4-16(19)17(20)10-14/h3-4,9-10H,5-8H2,1-2H3. The minimum Gasteiger partial charge on any atom is -0.368 e. The number of benzene rings is 1. The molecule has 0 bridgehead atoms. The summed E-state index contributed by atoms with van der Waals surface area (Å²) in [4.78, 5) is 5.95. The molecule has 3 rings (SSSR count). The lowest BCUT2D eigenvalue weighted by Crippen LogP contribution is -2.49. The van der Waals surface area contributed by atoms with Crippen LogP contribution in [0.15, 0.2) is 29.2 Å². The van der Waals surface area contributed by atoms with Crippen molar-refractivity contribution in [3.8, 4) is 6.07 Å². The van der Waals surface area contributed by atoms with Gasteiger partial charge >= 0.3 is 0 Å². The predicted octanol–water partition coefficient (Wildman–Crippen LogP) is 2.36. The first kappa shape index (κ1) is 19.2. The van der Waals surface area contributed by atoms with Gasteiger partial charge in [-0.05, 0) is 38.1 Å². The van der Waals surface area contributed by atoms with Crippen LogP contribution in [0.4, 0.5) is 14.5 Å². The average molecular weight is 392 g/mol. The van der Waals surface area contributed by atoms with Gasteiger partial charge in [0.05, 0.1) is 21.8 Å². The first-order chi connectivity index (χ1) is 12.7. The maximum absolute atomic E-state index is 13.4. The fraction of sp³-hybridized carbons (Fsp3) is 0.333. The van der Waals surface area contributed by atoms with E-state index in [9.17, 15) is 22.5 Å². The molecule has 1 aliphatic heterocycles. The molecule has 0 saturated carbocycles. The van der Waals surface area contributed by atoms with Crippen LogP contribution >= 0.6 is 0 Å². The number of hydrogen-bond donors (Lipinski definition) is 0. The maximum atomic E-state index is 13.4. The summed E-state index contributed by atoms with van der Waals surface area (Å²) in [7, 11) is -3.92. The molecule has 142 valence electrons. The summed E-state index contributed by atoms with van der Waals surface area (Å²) in [6.45, 7) is 4.69. The zero-order valence-electron chi connectivity index (χ0n) is 14.9. The fourth-order valence-electron chi connectivity index (χ4n) is 3.15. The van der Waals surface area contributed by atoms with Gasteiger partial charge in [-0.15, -0.1) is 0 Å². The molecule has 27 heavy (non-hydrogen) atoms. The summed E-state index contributed by atoms with van der Waals surface area (Å²) >= 11 is 0. The maximum Gasteiger partial charge on any atom is 0.243 e. The van der Waals surface area contributed by atoms with Crippen LogP contribution in [-0.2, 0) is 10.0 Å². The Hall–Kier alpha value is -2.57. The summed E-state index contributed by atoms with van der Waals surface area (Å²) < 4.78 is 53.1. The van der Waals surface area contributed by atoms with E-state index in [0.29, 0.717) is 30.4 Å². The number of nitrogens with zero attached hydrogens (tertiary/aromatic N) is 4. The van der Waals surface area contributed by atoms with Crippen molar-refractivity contribution >= 4 is 15.7 Å². The van der Waals surface area contributed by atoms with E-state index in [2.05, 4.69) is 11.1 Å². The Kier molecular flexibility index (Phi) is 5.13. The molecule has 0 amide bonds. The summed E-state index contributed by atoms with van der Waals surface area (Å²) in [5.41, 5.74) is 2.60. The second kappa shape index (κ2) is 7.21. The van der Waals surface area contributed by atoms with E-state index in [1.165, 1.54) is 4.31 Å². The van der Waals surface area contributed by atoms with Gasteiger partial charge < -0.3 is 4.90 Å². The Morgan fingerprint density at radius 3 is 2.33 bits per heavy atom. The third-order valence-electron chi connectivity index (χ3n) is 4.53. The van der Waals surface area contributed by atoms with Crippen molar-refractivity contribution in [1.29, 1.82) is 5.26 Å². The van der Waals surface area contributed by atoms with Crippen LogP contribution < -0.4 is 4.90 Å². The van der Waals surface area contributed by atoms with Gasteiger partial charge in [-0.2, -0.15) is 9.57 Å². The molecular formula is C18H18F2N4O2S. The summed E-state index contributed by atoms with van der Waals surface area (Å²) in [5.74, 6) is -2.29. The first-order valence-corrected chi connectivity index (χ1v) is 9.76. The molecule has 1 aromatic heterocycles. The first-order valence-electron chi connectivity index (χ1n) is 8.32. The fourth-order valence-corrected chi connectivity index (χ4v) is 4.59. The van der Waals surface area contributed by atoms with Gasteiger partial charge in [-0.3, -0.25) is 4.98 Å². The third kappa shape index (κ3) is 3.63. The molecule has 9 heteroatoms. The topological polar surface area (TPSA) is 77.3 Å². The van der Waals surface area contributed by atoms with Crippen LogP contribution in [0.5, 0.6) is 0 Å². The van der Waals surface area contributed by atoms with Crippen LogP contribution in [-0.4, -0.2) is 43.9 Å². The zero-order chi connectivity index (χ0) is 19.8. The zero-order valence-corrected chi connectivity index (χ0v) is 15.7. The normalized spacial score (nSPS) is 15.6. The number of aryl methyl sites for hydroxylation is 2. The van der Waals surface area contributed by atoms with Crippen LogP contribution in [0, 0.1) is 36.8 Å². The summed E-state index contributed by atoms with van der Waals surface area (Å²) in [6, 6.07) is 6.52. The number of piperazine rings is 1. The number of halogens is 2. The predicted molar refractivity (Wildman–Crippen MR) is 95.8 cm³/mol. The van der Waals surface area contributed by atoms with Gasteiger partial charge in [0.1, 0.15) is 6.07 Å². The van der Waals surface area contributed by atoms with Crippen molar-refractivity contribution in [2.75, 3.05) is 31.1 Å². The van der Waals surface area contributed by atoms with Gasteiger partial charge in [-0.25, -0.2) is 17.2 Å². The molecule has 6 nitrogen and oxygen atoms in total. The smallest absolute Gasteiger partial charge is 0.243 e. The second-order valence-corrected chi connectivity index (χ2v) is 8.26. The van der Waals surface area contributed by atoms with Crippen LogP contribution in [0.3, 0.4) is 0 Å². The molecule has 2 heterocycles. The van der Waals surface area contributed by atoms with Gasteiger partial charge in [0.25, 0.3) is 0 Å². The number of anilines is 1. The van der Waals surface area contributed by atoms with Crippen LogP contribution in [0.25, 0.3) is 0 Å². The van der Waals surface area contributed by atoms with Crippen molar-refractivity contribution in [3.63, 3.8) is 0 Å². The van der Waals surface area contributed by atoms with E-state index in [0.717, 1.165) is 23.5 Å². The lowest BCUT2D eigenvalue weighted by Gasteiger charge is -2.36. The molecule has 1 aliphatic rings. The summed E-state index contributed by atoms with van der Waals surface area (Å²) in [6.07, 6.45) is 0. The molecule has 0 unspecified atom stereocenters. The lowest BCUT2D eigenvalue weighted by molar-refractivity contribution is 0.384. The Balaban J connectivity index is 1.81. The van der Waals surface area contributed by atoms with E-state index >= 15 is 0 Å². The van der Waals surface area contributed by atoms with Crippen LogP contribution in [0.1, 0.15) is 17.0 Å². The van der Waals surface area contributed by atoms with Crippen molar-refractivity contribution in [1.82, 2.24) is 9.29 Å². The number of aromatic nitrogens is 1. The largest absolute Gasteiger partial charge is 0.368 e. The van der Waals surface area contributed by atoms with E-state index in [4.69, 9.17) is 0 Å². The Bertz CT molecular complexity index is 1030. The number of hydrogen-bond acceptors (Lipinski definition) is 5. The lowest BCUT2D eigenvalue weighted by atomic mass is 10.1. The molecule has 0 N–H and O–H groups in total. The molecule has 1 fully saturated rings. The molecule has 0 aliphatic carbocycles. The van der Waals surface area contributed by atoms with E-state index in [1.54, 1.807) is 6.92 Å². The SMILES string of the molecule is Cc1cc(N2CCN(S(=O)(=O)c3ccc(F)c(F)c3)CC2)c(C#N)c(C)n1. The van der Waals surface area contributed by atoms with Gasteiger partial charge in [0, 0.05) is 31.9 Å². The van der Waals surface area contributed by atoms with E-state index in [-0.39, 0.29) is 18.0 Å². The molecular weight excluding hydrogens is 374 g/mol. The van der Waals surface area contributed by atoms with Gasteiger partial charge in [0.2, 0.25) is 10.0 Å². The Morgan fingerprint density at radius 2 is 1.74 bits per heavy atom. The van der Waals surface area contributed by atoms with E-state index in [1.807, 2.05) is 17.9 Å². The molecule has 1 aromatic carbocycles. The number of nitriles is 1. The van der Waals surface area contributed by atoms with Crippen LogP contribution in [0.2, 0.25) is 0 Å². The highest BCUT2D eigenvalue weighted by Gasteiger charge is 2.30. The summed E-state index contributed by atoms with van der Waals surface area (Å²) in [5, 5.41) is 9.41. The van der Waals surface area contributed by atoms with Gasteiger partial charge in [-0.1, -0.05) is 0 Å². The third-order valence-corrected chi connectivity index (χ3v) is 6.42. The van der Waals surface area contributed by atoms with Crippen molar-refractivity contribution in [2.45, 2.75) is 18.7 Å². The Labute approximate surface area is 156 Å². The van der Waals surface area contributed by atoms with Crippen molar-refractivity contribution in [3.05, 3.63) is 52.9 Å². The van der Waals surface area contributed by atoms with E-state index < -0.39 is 21.7 Å². The highest BCUT2D eigenvalue weighted by molar-refractivity contribution is 7.89. The average Bonchev–Trinajstić information content (AvgIpc) is 2.63. The molecule has 0 atom stereocenters. The molecule has 2 aromatic rings. The number of rotatable bonds is 3. The number of sulfonamides is 1. The van der Waals surface area contributed by atoms with Crippen molar-refractivity contribution in [2.24, 2.45) is 0 Å². The molecule has 1 saturated heterocycles. The highest BCUT2D eigenvalue weighted by Crippen LogP contribution is 2.26. The highest BCUT2D eigenvalue weighted by atomic mass is 32.2. The Morgan fingerprint density at radius 1 is 1.07 bits per heavy atom. The number of pyridine rings is 1. The minimum atomic E-state index is -3.92. The van der Waals surface area contributed by atoms with Gasteiger partial charge in [0.15, 0.2) is 11.6 Å².